The Hall–Kier alpha value is -1.11. The van der Waals surface area contributed by atoms with E-state index < -0.39 is 10.2 Å². The highest BCUT2D eigenvalue weighted by atomic mass is 32.2. The second-order valence-corrected chi connectivity index (χ2v) is 5.98. The number of hydrogen-bond acceptors (Lipinski definition) is 3. The van der Waals surface area contributed by atoms with Crippen LogP contribution in [-0.4, -0.2) is 40.0 Å². The van der Waals surface area contributed by atoms with Gasteiger partial charge in [-0.2, -0.15) is 12.7 Å². The first-order chi connectivity index (χ1) is 8.45. The summed E-state index contributed by atoms with van der Waals surface area (Å²) < 4.78 is 31.9. The van der Waals surface area contributed by atoms with E-state index in [0.717, 1.165) is 15.6 Å². The summed E-state index contributed by atoms with van der Waals surface area (Å²) in [5.41, 5.74) is 1.07. The van der Waals surface area contributed by atoms with Crippen LogP contribution >= 0.6 is 0 Å². The third kappa shape index (κ3) is 4.64. The van der Waals surface area contributed by atoms with Gasteiger partial charge in [0, 0.05) is 20.6 Å². The summed E-state index contributed by atoms with van der Waals surface area (Å²) in [6, 6.07) is 7.66. The first kappa shape index (κ1) is 14.9. The maximum Gasteiger partial charge on any atom is 0.278 e. The number of hydrogen-bond donors (Lipinski definition) is 1. The summed E-state index contributed by atoms with van der Waals surface area (Å²) in [4.78, 5) is 0. The fourth-order valence-corrected chi connectivity index (χ4v) is 1.99. The normalized spacial score (nSPS) is 11.8. The van der Waals surface area contributed by atoms with Gasteiger partial charge in [0.2, 0.25) is 0 Å². The molecule has 0 unspecified atom stereocenters. The fourth-order valence-electron chi connectivity index (χ4n) is 1.37. The smallest absolute Gasteiger partial charge is 0.278 e. The molecule has 18 heavy (non-hydrogen) atoms. The van der Waals surface area contributed by atoms with Gasteiger partial charge < -0.3 is 4.74 Å². The molecule has 0 atom stereocenters. The third-order valence-corrected chi connectivity index (χ3v) is 3.94. The third-order valence-electron chi connectivity index (χ3n) is 2.41. The lowest BCUT2D eigenvalue weighted by molar-refractivity contribution is 0.340. The van der Waals surface area contributed by atoms with Gasteiger partial charge in [0.25, 0.3) is 10.2 Å². The van der Waals surface area contributed by atoms with Gasteiger partial charge in [-0.1, -0.05) is 12.1 Å². The Kier molecular flexibility index (Phi) is 5.58. The largest absolute Gasteiger partial charge is 0.494 e. The molecule has 6 heteroatoms. The maximum absolute atomic E-state index is 11.5. The van der Waals surface area contributed by atoms with Crippen molar-refractivity contribution in [2.75, 3.05) is 27.2 Å². The monoisotopic (exact) mass is 272 g/mol. The minimum Gasteiger partial charge on any atom is -0.494 e. The summed E-state index contributed by atoms with van der Waals surface area (Å²) in [5, 5.41) is 0. The van der Waals surface area contributed by atoms with Crippen molar-refractivity contribution in [1.29, 1.82) is 0 Å². The molecule has 1 N–H and O–H groups in total. The summed E-state index contributed by atoms with van der Waals surface area (Å²) >= 11 is 0. The highest BCUT2D eigenvalue weighted by molar-refractivity contribution is 7.87. The van der Waals surface area contributed by atoms with E-state index in [2.05, 4.69) is 4.72 Å². The lowest BCUT2D eigenvalue weighted by Crippen LogP contribution is -2.36. The Morgan fingerprint density at radius 2 is 1.83 bits per heavy atom. The molecule has 0 aromatic heterocycles. The molecule has 0 bridgehead atoms. The van der Waals surface area contributed by atoms with Gasteiger partial charge in [0.15, 0.2) is 0 Å². The minimum absolute atomic E-state index is 0.383. The van der Waals surface area contributed by atoms with Crippen LogP contribution in [0.2, 0.25) is 0 Å². The average Bonchev–Trinajstić information content (AvgIpc) is 2.31. The van der Waals surface area contributed by atoms with Crippen LogP contribution in [0.3, 0.4) is 0 Å². The van der Waals surface area contributed by atoms with E-state index in [1.807, 2.05) is 31.2 Å². The van der Waals surface area contributed by atoms with Crippen molar-refractivity contribution in [3.05, 3.63) is 29.8 Å². The van der Waals surface area contributed by atoms with Crippen molar-refractivity contribution in [2.45, 2.75) is 13.3 Å². The highest BCUT2D eigenvalue weighted by Gasteiger charge is 2.11. The lowest BCUT2D eigenvalue weighted by atomic mass is 10.1. The first-order valence-corrected chi connectivity index (χ1v) is 7.28. The molecule has 5 nitrogen and oxygen atoms in total. The number of nitrogens with zero attached hydrogens (tertiary/aromatic N) is 1. The Balaban J connectivity index is 2.45. The van der Waals surface area contributed by atoms with E-state index in [9.17, 15) is 8.42 Å². The quantitative estimate of drug-likeness (QED) is 0.806. The molecule has 102 valence electrons. The average molecular weight is 272 g/mol. The Morgan fingerprint density at radius 3 is 2.33 bits per heavy atom. The van der Waals surface area contributed by atoms with Crippen molar-refractivity contribution >= 4 is 10.2 Å². The molecule has 0 spiro atoms. The summed E-state index contributed by atoms with van der Waals surface area (Å²) in [7, 11) is -0.328. The van der Waals surface area contributed by atoms with Gasteiger partial charge in [-0.25, -0.2) is 4.72 Å². The fraction of sp³-hybridized carbons (Fsp3) is 0.500. The molecule has 0 radical (unpaired) electrons. The zero-order valence-electron chi connectivity index (χ0n) is 11.0. The van der Waals surface area contributed by atoms with Crippen LogP contribution in [-0.2, 0) is 16.6 Å². The molecule has 0 heterocycles. The topological polar surface area (TPSA) is 58.6 Å². The van der Waals surface area contributed by atoms with Crippen molar-refractivity contribution in [3.8, 4) is 5.75 Å². The zero-order valence-corrected chi connectivity index (χ0v) is 11.8. The standard InChI is InChI=1S/C12H20N2O3S/c1-4-17-12-7-5-11(6-8-12)9-10-13-18(15,16)14(2)3/h5-8,13H,4,9-10H2,1-3H3. The van der Waals surface area contributed by atoms with E-state index in [1.54, 1.807) is 0 Å². The van der Waals surface area contributed by atoms with Crippen LogP contribution < -0.4 is 9.46 Å². The summed E-state index contributed by atoms with van der Waals surface area (Å²) in [5.74, 6) is 0.829. The molecule has 1 aromatic carbocycles. The molecule has 0 saturated carbocycles. The van der Waals surface area contributed by atoms with Crippen LogP contribution in [0.15, 0.2) is 24.3 Å². The van der Waals surface area contributed by atoms with Crippen molar-refractivity contribution in [2.24, 2.45) is 0 Å². The molecule has 0 aliphatic heterocycles. The molecule has 0 fully saturated rings. The van der Waals surface area contributed by atoms with Crippen molar-refractivity contribution in [1.82, 2.24) is 9.03 Å². The molecule has 0 saturated heterocycles. The van der Waals surface area contributed by atoms with E-state index in [-0.39, 0.29) is 0 Å². The molecular formula is C12H20N2O3S. The number of benzene rings is 1. The van der Waals surface area contributed by atoms with Crippen LogP contribution in [0.4, 0.5) is 0 Å². The minimum atomic E-state index is -3.33. The number of ether oxygens (including phenoxy) is 1. The summed E-state index contributed by atoms with van der Waals surface area (Å²) in [6.45, 7) is 2.96. The van der Waals surface area contributed by atoms with Crippen LogP contribution in [0.5, 0.6) is 5.75 Å². The second-order valence-electron chi connectivity index (χ2n) is 4.01. The molecule has 1 rings (SSSR count). The molecule has 0 amide bonds. The van der Waals surface area contributed by atoms with Crippen molar-refractivity contribution < 1.29 is 13.2 Å². The molecule has 0 aliphatic carbocycles. The summed E-state index contributed by atoms with van der Waals surface area (Å²) in [6.07, 6.45) is 0.652. The lowest BCUT2D eigenvalue weighted by Gasteiger charge is -2.12. The van der Waals surface area contributed by atoms with E-state index in [1.165, 1.54) is 14.1 Å². The number of nitrogens with one attached hydrogen (secondary N) is 1. The SMILES string of the molecule is CCOc1ccc(CCNS(=O)(=O)N(C)C)cc1. The van der Waals surface area contributed by atoms with Crippen molar-refractivity contribution in [3.63, 3.8) is 0 Å². The predicted octanol–water partition coefficient (Wildman–Crippen LogP) is 1.02. The van der Waals surface area contributed by atoms with Gasteiger partial charge in [-0.05, 0) is 31.0 Å². The van der Waals surface area contributed by atoms with Gasteiger partial charge in [-0.3, -0.25) is 0 Å². The molecule has 1 aromatic rings. The van der Waals surface area contributed by atoms with Gasteiger partial charge in [-0.15, -0.1) is 0 Å². The van der Waals surface area contributed by atoms with Crippen LogP contribution in [0.25, 0.3) is 0 Å². The first-order valence-electron chi connectivity index (χ1n) is 5.84. The maximum atomic E-state index is 11.5. The Bertz CT molecular complexity index is 455. The van der Waals surface area contributed by atoms with Crippen LogP contribution in [0, 0.1) is 0 Å². The zero-order chi connectivity index (χ0) is 13.6. The second kappa shape index (κ2) is 6.72. The Morgan fingerprint density at radius 1 is 1.22 bits per heavy atom. The molecular weight excluding hydrogens is 252 g/mol. The van der Waals surface area contributed by atoms with Gasteiger partial charge in [0.1, 0.15) is 5.75 Å². The Labute approximate surface area is 109 Å². The van der Waals surface area contributed by atoms with E-state index in [4.69, 9.17) is 4.74 Å². The van der Waals surface area contributed by atoms with Crippen LogP contribution in [0.1, 0.15) is 12.5 Å². The van der Waals surface area contributed by atoms with E-state index >= 15 is 0 Å². The predicted molar refractivity (Wildman–Crippen MR) is 71.9 cm³/mol. The van der Waals surface area contributed by atoms with E-state index in [0.29, 0.717) is 19.6 Å². The highest BCUT2D eigenvalue weighted by Crippen LogP contribution is 2.12. The van der Waals surface area contributed by atoms with Gasteiger partial charge in [0.05, 0.1) is 6.61 Å². The molecule has 0 aliphatic rings. The van der Waals surface area contributed by atoms with Gasteiger partial charge >= 0.3 is 0 Å². The number of rotatable bonds is 7.